The van der Waals surface area contributed by atoms with Crippen LogP contribution in [-0.4, -0.2) is 31.9 Å². The molecule has 0 fully saturated rings. The zero-order valence-electron chi connectivity index (χ0n) is 20.6. The number of nitro groups is 1. The van der Waals surface area contributed by atoms with Crippen molar-refractivity contribution in [2.45, 2.75) is 6.61 Å². The molecule has 0 aliphatic rings. The van der Waals surface area contributed by atoms with Gasteiger partial charge in [0, 0.05) is 22.2 Å². The summed E-state index contributed by atoms with van der Waals surface area (Å²) < 4.78 is 6.96. The first-order valence-corrected chi connectivity index (χ1v) is 12.2. The molecule has 0 aliphatic heterocycles. The standard InChI is InChI=1S/C29H19ClN4O6/c30-22-14-21(26(25(15-22)34(38)39)40-17-18-10-12-20(13-11-18)29(36)37)16-31-33-27(19-6-2-1-3-7-19)32-24-9-5-4-8-23(24)28(33)35/h1-16H,17H2,(H,36,37). The van der Waals surface area contributed by atoms with Crippen molar-refractivity contribution in [2.24, 2.45) is 5.10 Å². The molecule has 5 rings (SSSR count). The smallest absolute Gasteiger partial charge is 0.335 e. The number of para-hydroxylation sites is 1. The van der Waals surface area contributed by atoms with Crippen LogP contribution < -0.4 is 10.3 Å². The number of carbonyl (C=O) groups is 1. The highest BCUT2D eigenvalue weighted by Gasteiger charge is 2.21. The Labute approximate surface area is 231 Å². The van der Waals surface area contributed by atoms with Gasteiger partial charge in [-0.15, -0.1) is 0 Å². The summed E-state index contributed by atoms with van der Waals surface area (Å²) in [6.07, 6.45) is 1.26. The molecular weight excluding hydrogens is 536 g/mol. The van der Waals surface area contributed by atoms with Crippen LogP contribution in [0.25, 0.3) is 22.3 Å². The molecule has 0 unspecified atom stereocenters. The second kappa shape index (κ2) is 11.2. The first-order valence-electron chi connectivity index (χ1n) is 11.9. The van der Waals surface area contributed by atoms with E-state index in [1.165, 1.54) is 24.4 Å². The molecular formula is C29H19ClN4O6. The van der Waals surface area contributed by atoms with Gasteiger partial charge in [0.1, 0.15) is 6.61 Å². The highest BCUT2D eigenvalue weighted by atomic mass is 35.5. The van der Waals surface area contributed by atoms with E-state index in [1.54, 1.807) is 60.7 Å². The number of hydrogen-bond donors (Lipinski definition) is 1. The van der Waals surface area contributed by atoms with Gasteiger partial charge in [-0.1, -0.05) is 66.2 Å². The van der Waals surface area contributed by atoms with Crippen LogP contribution in [0, 0.1) is 10.1 Å². The lowest BCUT2D eigenvalue weighted by Gasteiger charge is -2.12. The summed E-state index contributed by atoms with van der Waals surface area (Å²) in [5.74, 6) is -0.922. The molecule has 1 N–H and O–H groups in total. The minimum Gasteiger partial charge on any atom is -0.481 e. The third kappa shape index (κ3) is 5.42. The Morgan fingerprint density at radius 2 is 1.75 bits per heavy atom. The molecule has 0 spiro atoms. The Morgan fingerprint density at radius 1 is 1.05 bits per heavy atom. The summed E-state index contributed by atoms with van der Waals surface area (Å²) in [5, 5.41) is 25.8. The Hall–Kier alpha value is -5.35. The third-order valence-electron chi connectivity index (χ3n) is 5.94. The molecule has 0 radical (unpaired) electrons. The van der Waals surface area contributed by atoms with Crippen molar-refractivity contribution in [2.75, 3.05) is 0 Å². The maximum absolute atomic E-state index is 13.5. The average molecular weight is 555 g/mol. The number of rotatable bonds is 8. The molecule has 0 amide bonds. The number of benzene rings is 4. The maximum Gasteiger partial charge on any atom is 0.335 e. The van der Waals surface area contributed by atoms with Crippen LogP contribution in [0.15, 0.2) is 101 Å². The largest absolute Gasteiger partial charge is 0.481 e. The second-order valence-electron chi connectivity index (χ2n) is 8.57. The minimum atomic E-state index is -1.08. The molecule has 10 nitrogen and oxygen atoms in total. The van der Waals surface area contributed by atoms with Crippen molar-refractivity contribution in [3.05, 3.63) is 133 Å². The molecule has 40 heavy (non-hydrogen) atoms. The van der Waals surface area contributed by atoms with Crippen LogP contribution in [0.4, 0.5) is 5.69 Å². The van der Waals surface area contributed by atoms with Crippen LogP contribution in [-0.2, 0) is 6.61 Å². The Bertz CT molecular complexity index is 1840. The van der Waals surface area contributed by atoms with E-state index in [0.29, 0.717) is 22.0 Å². The zero-order valence-corrected chi connectivity index (χ0v) is 21.4. The molecule has 0 saturated heterocycles. The molecule has 11 heteroatoms. The molecule has 1 aromatic heterocycles. The molecule has 4 aromatic carbocycles. The molecule has 5 aromatic rings. The normalized spacial score (nSPS) is 11.1. The first kappa shape index (κ1) is 26.3. The fourth-order valence-corrected chi connectivity index (χ4v) is 4.23. The fraction of sp³-hybridized carbons (Fsp3) is 0.0345. The van der Waals surface area contributed by atoms with Gasteiger partial charge in [0.2, 0.25) is 5.75 Å². The van der Waals surface area contributed by atoms with Crippen molar-refractivity contribution in [1.82, 2.24) is 9.66 Å². The number of nitrogens with zero attached hydrogens (tertiary/aromatic N) is 4. The number of ether oxygens (including phenoxy) is 1. The Morgan fingerprint density at radius 3 is 2.45 bits per heavy atom. The summed E-state index contributed by atoms with van der Waals surface area (Å²) in [4.78, 5) is 40.5. The van der Waals surface area contributed by atoms with Crippen LogP contribution in [0.3, 0.4) is 0 Å². The number of halogens is 1. The zero-order chi connectivity index (χ0) is 28.2. The lowest BCUT2D eigenvalue weighted by Crippen LogP contribution is -2.20. The Kier molecular flexibility index (Phi) is 7.34. The summed E-state index contributed by atoms with van der Waals surface area (Å²) in [7, 11) is 0. The van der Waals surface area contributed by atoms with Crippen molar-refractivity contribution in [3.8, 4) is 17.1 Å². The number of carboxylic acid groups (broad SMARTS) is 1. The topological polar surface area (TPSA) is 137 Å². The quantitative estimate of drug-likeness (QED) is 0.146. The highest BCUT2D eigenvalue weighted by molar-refractivity contribution is 6.31. The Balaban J connectivity index is 1.60. The molecule has 0 bridgehead atoms. The molecule has 0 aliphatic carbocycles. The van der Waals surface area contributed by atoms with E-state index < -0.39 is 22.1 Å². The van der Waals surface area contributed by atoms with Gasteiger partial charge in [-0.2, -0.15) is 9.78 Å². The van der Waals surface area contributed by atoms with Gasteiger partial charge in [0.15, 0.2) is 5.82 Å². The monoisotopic (exact) mass is 554 g/mol. The first-order chi connectivity index (χ1) is 19.3. The minimum absolute atomic E-state index is 0.0681. The van der Waals surface area contributed by atoms with E-state index in [2.05, 4.69) is 10.1 Å². The van der Waals surface area contributed by atoms with Gasteiger partial charge in [-0.05, 0) is 35.9 Å². The van der Waals surface area contributed by atoms with Crippen LogP contribution in [0.1, 0.15) is 21.5 Å². The van der Waals surface area contributed by atoms with Gasteiger partial charge in [-0.25, -0.2) is 9.78 Å². The summed E-state index contributed by atoms with van der Waals surface area (Å²) in [6.45, 7) is -0.101. The lowest BCUT2D eigenvalue weighted by atomic mass is 10.1. The number of aromatic carboxylic acids is 1. The van der Waals surface area contributed by atoms with E-state index in [-0.39, 0.29) is 34.3 Å². The number of carboxylic acids is 1. The van der Waals surface area contributed by atoms with Gasteiger partial charge in [-0.3, -0.25) is 14.9 Å². The summed E-state index contributed by atoms with van der Waals surface area (Å²) in [6, 6.07) is 24.4. The number of fused-ring (bicyclic) bond motifs is 1. The van der Waals surface area contributed by atoms with Gasteiger partial charge in [0.25, 0.3) is 5.56 Å². The molecule has 0 saturated carbocycles. The van der Waals surface area contributed by atoms with Crippen molar-refractivity contribution in [3.63, 3.8) is 0 Å². The predicted octanol–water partition coefficient (Wildman–Crippen LogP) is 5.78. The second-order valence-corrected chi connectivity index (χ2v) is 9.01. The predicted molar refractivity (Wildman–Crippen MR) is 150 cm³/mol. The molecule has 0 atom stereocenters. The van der Waals surface area contributed by atoms with Crippen molar-refractivity contribution in [1.29, 1.82) is 0 Å². The van der Waals surface area contributed by atoms with E-state index in [1.807, 2.05) is 6.07 Å². The van der Waals surface area contributed by atoms with Gasteiger partial charge in [0.05, 0.1) is 27.6 Å². The lowest BCUT2D eigenvalue weighted by molar-refractivity contribution is -0.385. The molecule has 198 valence electrons. The highest BCUT2D eigenvalue weighted by Crippen LogP contribution is 2.34. The third-order valence-corrected chi connectivity index (χ3v) is 6.16. The SMILES string of the molecule is O=C(O)c1ccc(COc2c(C=Nn3c(-c4ccccc4)nc4ccccc4c3=O)cc(Cl)cc2[N+](=O)[O-])cc1. The van der Waals surface area contributed by atoms with Crippen LogP contribution in [0.2, 0.25) is 5.02 Å². The van der Waals surface area contributed by atoms with Gasteiger partial charge < -0.3 is 9.84 Å². The van der Waals surface area contributed by atoms with E-state index in [4.69, 9.17) is 21.4 Å². The number of nitro benzene ring substituents is 1. The number of aromatic nitrogens is 2. The van der Waals surface area contributed by atoms with Crippen LogP contribution >= 0.6 is 11.6 Å². The molecule has 1 heterocycles. The maximum atomic E-state index is 13.5. The fourth-order valence-electron chi connectivity index (χ4n) is 4.01. The van der Waals surface area contributed by atoms with Gasteiger partial charge >= 0.3 is 11.7 Å². The van der Waals surface area contributed by atoms with E-state index in [9.17, 15) is 19.7 Å². The summed E-state index contributed by atoms with van der Waals surface area (Å²) >= 11 is 6.19. The average Bonchev–Trinajstić information content (AvgIpc) is 2.96. The van der Waals surface area contributed by atoms with Crippen LogP contribution in [0.5, 0.6) is 5.75 Å². The summed E-state index contributed by atoms with van der Waals surface area (Å²) in [5.41, 5.74) is 1.13. The van der Waals surface area contributed by atoms with E-state index in [0.717, 1.165) is 10.7 Å². The number of hydrogen-bond acceptors (Lipinski definition) is 7. The van der Waals surface area contributed by atoms with E-state index >= 15 is 0 Å². The van der Waals surface area contributed by atoms with Crippen molar-refractivity contribution >= 4 is 40.4 Å². The van der Waals surface area contributed by atoms with Crippen molar-refractivity contribution < 1.29 is 19.6 Å².